The van der Waals surface area contributed by atoms with E-state index in [2.05, 4.69) is 25.6 Å². The van der Waals surface area contributed by atoms with Gasteiger partial charge in [0.2, 0.25) is 5.95 Å². The highest BCUT2D eigenvalue weighted by Crippen LogP contribution is 2.24. The maximum absolute atomic E-state index is 14.2. The highest BCUT2D eigenvalue weighted by molar-refractivity contribution is 5.84. The van der Waals surface area contributed by atoms with Crippen molar-refractivity contribution in [1.29, 1.82) is 0 Å². The fourth-order valence-corrected chi connectivity index (χ4v) is 2.29. The number of halogens is 3. The van der Waals surface area contributed by atoms with E-state index >= 15 is 0 Å². The Hall–Kier alpha value is -3.83. The van der Waals surface area contributed by atoms with Crippen molar-refractivity contribution in [3.05, 3.63) is 53.2 Å². The molecule has 0 amide bonds. The fourth-order valence-electron chi connectivity index (χ4n) is 2.29. The number of nitrogens with two attached hydrogens (primary N) is 1. The Balaban J connectivity index is 2.10. The number of methoxy groups -OCH3 is 1. The Morgan fingerprint density at radius 3 is 2.74 bits per heavy atom. The number of anilines is 2. The molecular formula is C19H21F3N6O3. The van der Waals surface area contributed by atoms with Crippen LogP contribution in [0.3, 0.4) is 0 Å². The van der Waals surface area contributed by atoms with Crippen molar-refractivity contribution in [3.63, 3.8) is 0 Å². The lowest BCUT2D eigenvalue weighted by atomic mass is 10.2. The van der Waals surface area contributed by atoms with Crippen molar-refractivity contribution >= 4 is 24.0 Å². The van der Waals surface area contributed by atoms with E-state index in [-0.39, 0.29) is 41.9 Å². The van der Waals surface area contributed by atoms with Gasteiger partial charge in [-0.1, -0.05) is 0 Å². The van der Waals surface area contributed by atoms with Gasteiger partial charge in [0.15, 0.2) is 23.2 Å². The molecule has 4 N–H and O–H groups in total. The number of aliphatic imine (C=N–C) groups is 1. The lowest BCUT2D eigenvalue weighted by Gasteiger charge is -2.12. The van der Waals surface area contributed by atoms with Crippen LogP contribution in [0.15, 0.2) is 35.2 Å². The Morgan fingerprint density at radius 2 is 2.06 bits per heavy atom. The molecule has 0 unspecified atom stereocenters. The second-order valence-corrected chi connectivity index (χ2v) is 5.81. The van der Waals surface area contributed by atoms with Crippen LogP contribution in [-0.4, -0.2) is 42.4 Å². The second kappa shape index (κ2) is 11.4. The number of allylic oxidation sites excluding steroid dienone is 1. The van der Waals surface area contributed by atoms with Crippen LogP contribution in [0.5, 0.6) is 5.75 Å². The average Bonchev–Trinajstić information content (AvgIpc) is 2.75. The number of nitrogens with zero attached hydrogens (tertiary/aromatic N) is 3. The van der Waals surface area contributed by atoms with Gasteiger partial charge in [-0.05, 0) is 19.1 Å². The summed E-state index contributed by atoms with van der Waals surface area (Å²) >= 11 is 0. The second-order valence-electron chi connectivity index (χ2n) is 5.81. The topological polar surface area (TPSA) is 124 Å². The molecule has 1 aromatic carbocycles. The summed E-state index contributed by atoms with van der Waals surface area (Å²) in [6.07, 6.45) is 3.24. The summed E-state index contributed by atoms with van der Waals surface area (Å²) in [6, 6.07) is 2.18. The first-order chi connectivity index (χ1) is 14.9. The predicted molar refractivity (Wildman–Crippen MR) is 108 cm³/mol. The van der Waals surface area contributed by atoms with Crippen LogP contribution in [0.1, 0.15) is 12.5 Å². The van der Waals surface area contributed by atoms with E-state index in [1.165, 1.54) is 13.3 Å². The minimum atomic E-state index is -0.908. The van der Waals surface area contributed by atoms with Gasteiger partial charge in [0, 0.05) is 24.5 Å². The summed E-state index contributed by atoms with van der Waals surface area (Å²) in [5.74, 6) is -3.63. The maximum Gasteiger partial charge on any atom is 0.327 e. The SMILES string of the molecule is CCOC(=O)CN=C/C(=C\N)Nc1ncc(F)c(NCc2c(F)ccc(OC)c2F)n1. The summed E-state index contributed by atoms with van der Waals surface area (Å²) in [4.78, 5) is 22.8. The molecule has 0 aliphatic carbocycles. The van der Waals surface area contributed by atoms with E-state index in [9.17, 15) is 18.0 Å². The average molecular weight is 438 g/mol. The van der Waals surface area contributed by atoms with Crippen molar-refractivity contribution < 1.29 is 27.4 Å². The van der Waals surface area contributed by atoms with Gasteiger partial charge in [-0.3, -0.25) is 9.79 Å². The number of aromatic nitrogens is 2. The molecule has 31 heavy (non-hydrogen) atoms. The number of hydrogen-bond acceptors (Lipinski definition) is 9. The van der Waals surface area contributed by atoms with Gasteiger partial charge in [-0.15, -0.1) is 0 Å². The smallest absolute Gasteiger partial charge is 0.327 e. The van der Waals surface area contributed by atoms with Gasteiger partial charge in [0.25, 0.3) is 0 Å². The van der Waals surface area contributed by atoms with E-state index in [0.29, 0.717) is 0 Å². The molecule has 2 rings (SSSR count). The molecule has 0 spiro atoms. The molecular weight excluding hydrogens is 417 g/mol. The largest absolute Gasteiger partial charge is 0.494 e. The van der Waals surface area contributed by atoms with Crippen molar-refractivity contribution in [2.45, 2.75) is 13.5 Å². The van der Waals surface area contributed by atoms with Gasteiger partial charge >= 0.3 is 5.97 Å². The standard InChI is InChI=1S/C19H21F3N6O3/c1-3-31-16(29)10-24-7-11(6-23)27-19-26-9-14(21)18(28-19)25-8-12-13(20)4-5-15(30-2)17(12)22/h4-7,9H,3,8,10,23H2,1-2H3,(H2,25,26,27,28)/b11-6+,24-7?. The summed E-state index contributed by atoms with van der Waals surface area (Å²) in [6.45, 7) is 1.28. The Morgan fingerprint density at radius 1 is 1.29 bits per heavy atom. The first-order valence-corrected chi connectivity index (χ1v) is 9.01. The number of hydrogen-bond donors (Lipinski definition) is 3. The molecule has 0 saturated carbocycles. The number of esters is 1. The van der Waals surface area contributed by atoms with Crippen LogP contribution >= 0.6 is 0 Å². The first-order valence-electron chi connectivity index (χ1n) is 9.01. The molecule has 0 radical (unpaired) electrons. The maximum atomic E-state index is 14.2. The predicted octanol–water partition coefficient (Wildman–Crippen LogP) is 2.36. The molecule has 0 fully saturated rings. The van der Waals surface area contributed by atoms with Gasteiger partial charge in [-0.2, -0.15) is 4.98 Å². The van der Waals surface area contributed by atoms with Crippen LogP contribution in [0.4, 0.5) is 24.9 Å². The van der Waals surface area contributed by atoms with E-state index in [0.717, 1.165) is 24.5 Å². The Bertz CT molecular complexity index is 985. The van der Waals surface area contributed by atoms with Crippen LogP contribution in [0.25, 0.3) is 0 Å². The van der Waals surface area contributed by atoms with Crippen LogP contribution in [0, 0.1) is 17.5 Å². The molecule has 9 nitrogen and oxygen atoms in total. The van der Waals surface area contributed by atoms with E-state index < -0.39 is 30.0 Å². The Kier molecular flexibility index (Phi) is 8.61. The molecule has 0 bridgehead atoms. The van der Waals surface area contributed by atoms with Gasteiger partial charge in [0.1, 0.15) is 12.4 Å². The number of ether oxygens (including phenoxy) is 2. The number of carbonyl (C=O) groups is 1. The zero-order valence-electron chi connectivity index (χ0n) is 16.8. The zero-order valence-corrected chi connectivity index (χ0v) is 16.8. The van der Waals surface area contributed by atoms with Crippen LogP contribution in [0.2, 0.25) is 0 Å². The van der Waals surface area contributed by atoms with E-state index in [4.69, 9.17) is 15.2 Å². The zero-order chi connectivity index (χ0) is 22.8. The van der Waals surface area contributed by atoms with Gasteiger partial charge in [-0.25, -0.2) is 18.2 Å². The molecule has 166 valence electrons. The minimum Gasteiger partial charge on any atom is -0.494 e. The lowest BCUT2D eigenvalue weighted by molar-refractivity contribution is -0.141. The fraction of sp³-hybridized carbons (Fsp3) is 0.263. The third kappa shape index (κ3) is 6.59. The van der Waals surface area contributed by atoms with Crippen molar-refractivity contribution in [2.24, 2.45) is 10.7 Å². The molecule has 0 saturated heterocycles. The highest BCUT2D eigenvalue weighted by Gasteiger charge is 2.15. The van der Waals surface area contributed by atoms with Gasteiger partial charge in [0.05, 0.1) is 25.6 Å². The number of benzene rings is 1. The van der Waals surface area contributed by atoms with Crippen molar-refractivity contribution in [3.8, 4) is 5.75 Å². The molecule has 1 heterocycles. The third-order valence-corrected chi connectivity index (χ3v) is 3.74. The normalized spacial score (nSPS) is 11.5. The van der Waals surface area contributed by atoms with Crippen LogP contribution < -0.4 is 21.1 Å². The summed E-state index contributed by atoms with van der Waals surface area (Å²) < 4.78 is 51.8. The molecule has 0 aliphatic rings. The highest BCUT2D eigenvalue weighted by atomic mass is 19.1. The summed E-state index contributed by atoms with van der Waals surface area (Å²) in [5, 5.41) is 5.20. The van der Waals surface area contributed by atoms with Crippen molar-refractivity contribution in [1.82, 2.24) is 9.97 Å². The molecule has 2 aromatic rings. The van der Waals surface area contributed by atoms with Gasteiger partial charge < -0.3 is 25.8 Å². The van der Waals surface area contributed by atoms with Crippen molar-refractivity contribution in [2.75, 3.05) is 30.9 Å². The quantitative estimate of drug-likeness (QED) is 0.382. The Labute approximate surface area is 176 Å². The molecule has 12 heteroatoms. The van der Waals surface area contributed by atoms with E-state index in [1.54, 1.807) is 6.92 Å². The number of rotatable bonds is 10. The summed E-state index contributed by atoms with van der Waals surface area (Å²) in [7, 11) is 1.24. The van der Waals surface area contributed by atoms with E-state index in [1.807, 2.05) is 0 Å². The molecule has 1 aromatic heterocycles. The third-order valence-electron chi connectivity index (χ3n) is 3.74. The van der Waals surface area contributed by atoms with Crippen LogP contribution in [-0.2, 0) is 16.1 Å². The summed E-state index contributed by atoms with van der Waals surface area (Å²) in [5.41, 5.74) is 5.35. The number of carbonyl (C=O) groups excluding carboxylic acids is 1. The number of nitrogens with one attached hydrogen (secondary N) is 2. The molecule has 0 atom stereocenters. The molecule has 0 aliphatic heterocycles. The monoisotopic (exact) mass is 438 g/mol. The first kappa shape index (κ1) is 23.4. The minimum absolute atomic E-state index is 0.0743. The lowest BCUT2D eigenvalue weighted by Crippen LogP contribution is -2.12.